The van der Waals surface area contributed by atoms with Crippen LogP contribution in [0.2, 0.25) is 0 Å². The summed E-state index contributed by atoms with van der Waals surface area (Å²) < 4.78 is 31.8. The molecule has 23 heavy (non-hydrogen) atoms. The monoisotopic (exact) mass is 424 g/mol. The molecule has 3 nitrogen and oxygen atoms in total. The Hall–Kier alpha value is -0.182. The standard InChI is InChI=1S/C18H30O3S.Mo/c1-2-3-4-5-6-7-8-9-10-11-14-17-15-12-13-16-18(17)22(19,20)21;/h12-13,15-16H,2-11,14H2,1H3,(H,19,20,21);. The van der Waals surface area contributed by atoms with Crippen LogP contribution in [0.3, 0.4) is 0 Å². The average molecular weight is 422 g/mol. The van der Waals surface area contributed by atoms with Crippen LogP contribution in [-0.4, -0.2) is 13.0 Å². The Kier molecular flexibility index (Phi) is 13.0. The van der Waals surface area contributed by atoms with Crippen molar-refractivity contribution in [3.05, 3.63) is 29.8 Å². The van der Waals surface area contributed by atoms with Crippen LogP contribution in [0.25, 0.3) is 0 Å². The predicted octanol–water partition coefficient (Wildman–Crippen LogP) is 5.39. The van der Waals surface area contributed by atoms with Crippen LogP contribution in [0.15, 0.2) is 29.2 Å². The van der Waals surface area contributed by atoms with Crippen LogP contribution in [0.4, 0.5) is 0 Å². The molecule has 0 radical (unpaired) electrons. The van der Waals surface area contributed by atoms with Gasteiger partial charge in [-0.15, -0.1) is 0 Å². The Morgan fingerprint density at radius 2 is 1.30 bits per heavy atom. The van der Waals surface area contributed by atoms with Gasteiger partial charge in [0.2, 0.25) is 0 Å². The van der Waals surface area contributed by atoms with E-state index < -0.39 is 10.1 Å². The summed E-state index contributed by atoms with van der Waals surface area (Å²) in [7, 11) is -4.10. The van der Waals surface area contributed by atoms with E-state index in [4.69, 9.17) is 0 Å². The zero-order valence-corrected chi connectivity index (χ0v) is 17.0. The maximum Gasteiger partial charge on any atom is 0.294 e. The van der Waals surface area contributed by atoms with E-state index >= 15 is 0 Å². The molecule has 0 fully saturated rings. The van der Waals surface area contributed by atoms with Crippen LogP contribution in [0.5, 0.6) is 0 Å². The molecule has 1 aromatic rings. The smallest absolute Gasteiger partial charge is 0.282 e. The average Bonchev–Trinajstić information content (AvgIpc) is 2.48. The molecule has 0 aromatic heterocycles. The number of unbranched alkanes of at least 4 members (excludes halogenated alkanes) is 9. The Balaban J connectivity index is 0.00000484. The van der Waals surface area contributed by atoms with E-state index in [1.54, 1.807) is 12.1 Å². The van der Waals surface area contributed by atoms with E-state index in [2.05, 4.69) is 6.92 Å². The quantitative estimate of drug-likeness (QED) is 0.279. The van der Waals surface area contributed by atoms with E-state index in [1.165, 1.54) is 57.4 Å². The molecule has 0 aliphatic carbocycles. The van der Waals surface area contributed by atoms with Crippen molar-refractivity contribution >= 4 is 10.1 Å². The molecule has 0 unspecified atom stereocenters. The van der Waals surface area contributed by atoms with E-state index in [0.29, 0.717) is 6.42 Å². The number of hydrogen-bond acceptors (Lipinski definition) is 2. The zero-order chi connectivity index (χ0) is 16.3. The third kappa shape index (κ3) is 10.3. The molecule has 0 heterocycles. The van der Waals surface area contributed by atoms with Crippen molar-refractivity contribution in [1.29, 1.82) is 0 Å². The molecule has 132 valence electrons. The summed E-state index contributed by atoms with van der Waals surface area (Å²) >= 11 is 0. The largest absolute Gasteiger partial charge is 0.294 e. The Morgan fingerprint density at radius 1 is 0.826 bits per heavy atom. The van der Waals surface area contributed by atoms with Gasteiger partial charge in [0.25, 0.3) is 10.1 Å². The molecule has 0 spiro atoms. The first kappa shape index (κ1) is 22.8. The molecule has 0 aliphatic heterocycles. The number of rotatable bonds is 12. The molecule has 0 bridgehead atoms. The molecule has 0 aliphatic rings. The molecule has 0 saturated carbocycles. The fraction of sp³-hybridized carbons (Fsp3) is 0.667. The minimum atomic E-state index is -4.10. The predicted molar refractivity (Wildman–Crippen MR) is 91.8 cm³/mol. The van der Waals surface area contributed by atoms with Crippen LogP contribution < -0.4 is 0 Å². The fourth-order valence-electron chi connectivity index (χ4n) is 2.76. The molecule has 1 N–H and O–H groups in total. The van der Waals surface area contributed by atoms with Gasteiger partial charge in [-0.2, -0.15) is 8.42 Å². The van der Waals surface area contributed by atoms with E-state index in [0.717, 1.165) is 18.4 Å². The van der Waals surface area contributed by atoms with Crippen molar-refractivity contribution in [2.45, 2.75) is 82.4 Å². The van der Waals surface area contributed by atoms with Gasteiger partial charge in [0, 0.05) is 21.1 Å². The summed E-state index contributed by atoms with van der Waals surface area (Å²) in [4.78, 5) is 0.0610. The van der Waals surface area contributed by atoms with E-state index in [1.807, 2.05) is 6.07 Å². The Bertz CT molecular complexity index is 515. The minimum Gasteiger partial charge on any atom is -0.282 e. The third-order valence-corrected chi connectivity index (χ3v) is 5.00. The van der Waals surface area contributed by atoms with Crippen molar-refractivity contribution in [3.8, 4) is 0 Å². The summed E-state index contributed by atoms with van der Waals surface area (Å²) in [6, 6.07) is 6.73. The van der Waals surface area contributed by atoms with Gasteiger partial charge in [-0.1, -0.05) is 82.9 Å². The molecule has 1 rings (SSSR count). The molecule has 0 atom stereocenters. The fourth-order valence-corrected chi connectivity index (χ4v) is 3.52. The number of hydrogen-bond donors (Lipinski definition) is 1. The van der Waals surface area contributed by atoms with Crippen LogP contribution in [0.1, 0.15) is 76.7 Å². The summed E-state index contributed by atoms with van der Waals surface area (Å²) in [6.45, 7) is 2.24. The van der Waals surface area contributed by atoms with Gasteiger partial charge in [-0.3, -0.25) is 4.55 Å². The van der Waals surface area contributed by atoms with Crippen LogP contribution in [0, 0.1) is 0 Å². The second kappa shape index (κ2) is 13.1. The minimum absolute atomic E-state index is 0. The van der Waals surface area contributed by atoms with Crippen molar-refractivity contribution in [1.82, 2.24) is 0 Å². The molecular formula is C18H30MoO3S. The second-order valence-electron chi connectivity index (χ2n) is 6.01. The van der Waals surface area contributed by atoms with Gasteiger partial charge in [-0.05, 0) is 24.5 Å². The first-order valence-corrected chi connectivity index (χ1v) is 10.0. The van der Waals surface area contributed by atoms with Crippen LogP contribution in [-0.2, 0) is 37.6 Å². The van der Waals surface area contributed by atoms with Gasteiger partial charge < -0.3 is 0 Å². The number of aryl methyl sites for hydroxylation is 1. The summed E-state index contributed by atoms with van der Waals surface area (Å²) in [5, 5.41) is 0. The van der Waals surface area contributed by atoms with Gasteiger partial charge in [0.1, 0.15) is 0 Å². The van der Waals surface area contributed by atoms with E-state index in [9.17, 15) is 13.0 Å². The van der Waals surface area contributed by atoms with Crippen molar-refractivity contribution in [2.75, 3.05) is 0 Å². The van der Waals surface area contributed by atoms with Crippen molar-refractivity contribution in [2.24, 2.45) is 0 Å². The molecule has 0 saturated heterocycles. The first-order valence-electron chi connectivity index (χ1n) is 8.61. The maximum absolute atomic E-state index is 11.3. The van der Waals surface area contributed by atoms with Gasteiger partial charge in [0.15, 0.2) is 0 Å². The first-order chi connectivity index (χ1) is 10.6. The zero-order valence-electron chi connectivity index (χ0n) is 14.2. The number of benzene rings is 1. The van der Waals surface area contributed by atoms with Crippen molar-refractivity contribution in [3.63, 3.8) is 0 Å². The Morgan fingerprint density at radius 3 is 1.83 bits per heavy atom. The molecule has 5 heteroatoms. The van der Waals surface area contributed by atoms with Gasteiger partial charge >= 0.3 is 0 Å². The summed E-state index contributed by atoms with van der Waals surface area (Å²) in [5.74, 6) is 0. The SMILES string of the molecule is CCCCCCCCCCCCc1ccccc1S(=O)(=O)O.[Mo]. The summed E-state index contributed by atoms with van der Waals surface area (Å²) in [6.07, 6.45) is 13.3. The molecule has 1 aromatic carbocycles. The Labute approximate surface area is 156 Å². The second-order valence-corrected chi connectivity index (χ2v) is 7.40. The normalized spacial score (nSPS) is 11.2. The maximum atomic E-state index is 11.3. The third-order valence-electron chi connectivity index (χ3n) is 4.05. The van der Waals surface area contributed by atoms with Gasteiger partial charge in [0.05, 0.1) is 4.90 Å². The van der Waals surface area contributed by atoms with Gasteiger partial charge in [-0.25, -0.2) is 0 Å². The van der Waals surface area contributed by atoms with Crippen molar-refractivity contribution < 1.29 is 34.0 Å². The van der Waals surface area contributed by atoms with Crippen LogP contribution >= 0.6 is 0 Å². The molecular weight excluding hydrogens is 392 g/mol. The van der Waals surface area contributed by atoms with E-state index in [-0.39, 0.29) is 26.0 Å². The summed E-state index contributed by atoms with van der Waals surface area (Å²) in [5.41, 5.74) is 0.726. The topological polar surface area (TPSA) is 54.4 Å². The molecule has 0 amide bonds.